The van der Waals surface area contributed by atoms with Crippen LogP contribution in [0, 0.1) is 6.92 Å². The van der Waals surface area contributed by atoms with E-state index in [1.54, 1.807) is 34.6 Å². The highest BCUT2D eigenvalue weighted by atomic mass is 32.2. The number of benzene rings is 1. The predicted octanol–water partition coefficient (Wildman–Crippen LogP) is 6.14. The molecule has 0 aliphatic carbocycles. The first-order valence-corrected chi connectivity index (χ1v) is 11.9. The Labute approximate surface area is 192 Å². The van der Waals surface area contributed by atoms with Gasteiger partial charge >= 0.3 is 6.18 Å². The smallest absolute Gasteiger partial charge is 0.348 e. The summed E-state index contributed by atoms with van der Waals surface area (Å²) in [5.41, 5.74) is -0.802. The molecule has 0 radical (unpaired) electrons. The maximum absolute atomic E-state index is 13.3. The number of nitrogens with zero attached hydrogens (tertiary/aromatic N) is 1. The van der Waals surface area contributed by atoms with Gasteiger partial charge in [0.05, 0.1) is 16.3 Å². The van der Waals surface area contributed by atoms with E-state index < -0.39 is 23.1 Å². The number of carbonyl (C=O) groups is 1. The van der Waals surface area contributed by atoms with Crippen molar-refractivity contribution >= 4 is 29.0 Å². The van der Waals surface area contributed by atoms with E-state index in [1.807, 2.05) is 32.2 Å². The normalized spacial score (nSPS) is 11.8. The lowest BCUT2D eigenvalue weighted by molar-refractivity contribution is -0.137. The van der Waals surface area contributed by atoms with Crippen LogP contribution in [0.1, 0.15) is 46.4 Å². The quantitative estimate of drug-likeness (QED) is 0.432. The Balaban J connectivity index is 2.05. The number of rotatable bonds is 6. The summed E-state index contributed by atoms with van der Waals surface area (Å²) in [6, 6.07) is 8.40. The fraction of sp³-hybridized carbons (Fsp3) is 0.304. The molecule has 1 amide bonds. The van der Waals surface area contributed by atoms with E-state index in [4.69, 9.17) is 0 Å². The first-order valence-electron chi connectivity index (χ1n) is 9.87. The minimum atomic E-state index is -4.54. The first kappa shape index (κ1) is 24.1. The van der Waals surface area contributed by atoms with Crippen LogP contribution in [0.2, 0.25) is 0 Å². The zero-order valence-electron chi connectivity index (χ0n) is 18.0. The summed E-state index contributed by atoms with van der Waals surface area (Å²) in [4.78, 5) is 27.1. The molecule has 9 heteroatoms. The third-order valence-corrected chi connectivity index (χ3v) is 7.20. The van der Waals surface area contributed by atoms with Gasteiger partial charge in [0.1, 0.15) is 5.56 Å². The molecule has 3 aromatic rings. The lowest BCUT2D eigenvalue weighted by Crippen LogP contribution is -2.31. The molecular weight excluding hydrogens is 457 g/mol. The molecule has 0 atom stereocenters. The molecule has 1 aromatic carbocycles. The van der Waals surface area contributed by atoms with Crippen molar-refractivity contribution in [3.63, 3.8) is 0 Å². The van der Waals surface area contributed by atoms with Crippen molar-refractivity contribution in [1.82, 2.24) is 9.88 Å². The number of aromatic nitrogens is 1. The highest BCUT2D eigenvalue weighted by Crippen LogP contribution is 2.32. The lowest BCUT2D eigenvalue weighted by atomic mass is 9.98. The number of hydrogen-bond acceptors (Lipinski definition) is 4. The van der Waals surface area contributed by atoms with Gasteiger partial charge in [0.2, 0.25) is 5.43 Å². The Hall–Kier alpha value is -2.52. The van der Waals surface area contributed by atoms with Crippen LogP contribution in [0.25, 0.3) is 11.1 Å². The average molecular weight is 481 g/mol. The molecule has 170 valence electrons. The van der Waals surface area contributed by atoms with Crippen LogP contribution in [0.3, 0.4) is 0 Å². The fourth-order valence-electron chi connectivity index (χ4n) is 3.44. The van der Waals surface area contributed by atoms with E-state index in [2.05, 4.69) is 5.32 Å². The van der Waals surface area contributed by atoms with Crippen molar-refractivity contribution in [3.8, 4) is 11.1 Å². The molecule has 0 aliphatic rings. The summed E-state index contributed by atoms with van der Waals surface area (Å²) >= 11 is 3.15. The second-order valence-corrected chi connectivity index (χ2v) is 9.79. The largest absolute Gasteiger partial charge is 0.416 e. The summed E-state index contributed by atoms with van der Waals surface area (Å²) in [7, 11) is 0. The first-order chi connectivity index (χ1) is 15.0. The van der Waals surface area contributed by atoms with Gasteiger partial charge in [-0.3, -0.25) is 9.59 Å². The van der Waals surface area contributed by atoms with Crippen LogP contribution in [0.4, 0.5) is 13.2 Å². The topological polar surface area (TPSA) is 51.1 Å². The third-order valence-electron chi connectivity index (χ3n) is 5.03. The van der Waals surface area contributed by atoms with Crippen LogP contribution >= 0.6 is 23.1 Å². The van der Waals surface area contributed by atoms with Gasteiger partial charge in [0.15, 0.2) is 0 Å². The van der Waals surface area contributed by atoms with Gasteiger partial charge in [-0.1, -0.05) is 12.1 Å². The monoisotopic (exact) mass is 480 g/mol. The number of thioether (sulfide) groups is 1. The van der Waals surface area contributed by atoms with Crippen molar-refractivity contribution in [2.75, 3.05) is 6.26 Å². The Morgan fingerprint density at radius 2 is 1.94 bits per heavy atom. The number of thiophene rings is 1. The van der Waals surface area contributed by atoms with E-state index in [9.17, 15) is 22.8 Å². The summed E-state index contributed by atoms with van der Waals surface area (Å²) < 4.78 is 42.6. The summed E-state index contributed by atoms with van der Waals surface area (Å²) in [6.07, 6.45) is -1.09. The van der Waals surface area contributed by atoms with Crippen LogP contribution in [-0.4, -0.2) is 16.7 Å². The molecular formula is C23H23F3N2O2S2. The Bertz CT molecular complexity index is 1200. The second-order valence-electron chi connectivity index (χ2n) is 7.52. The molecule has 0 saturated carbocycles. The number of nitrogens with one attached hydrogen (secondary N) is 1. The number of amides is 1. The Morgan fingerprint density at radius 1 is 1.22 bits per heavy atom. The van der Waals surface area contributed by atoms with Gasteiger partial charge in [-0.05, 0) is 56.9 Å². The molecule has 0 unspecified atom stereocenters. The van der Waals surface area contributed by atoms with E-state index in [0.717, 1.165) is 21.2 Å². The van der Waals surface area contributed by atoms with E-state index in [1.165, 1.54) is 18.3 Å². The molecule has 0 fully saturated rings. The highest BCUT2D eigenvalue weighted by Gasteiger charge is 2.31. The number of carbonyl (C=O) groups excluding carboxylic acids is 1. The fourth-order valence-corrected chi connectivity index (χ4v) is 4.97. The molecule has 4 nitrogen and oxygen atoms in total. The maximum Gasteiger partial charge on any atom is 0.416 e. The highest BCUT2D eigenvalue weighted by molar-refractivity contribution is 8.00. The number of pyridine rings is 1. The van der Waals surface area contributed by atoms with Crippen LogP contribution in [0.5, 0.6) is 0 Å². The Morgan fingerprint density at radius 3 is 2.53 bits per heavy atom. The van der Waals surface area contributed by atoms with Crippen LogP contribution in [0.15, 0.2) is 51.6 Å². The van der Waals surface area contributed by atoms with E-state index in [0.29, 0.717) is 5.69 Å². The van der Waals surface area contributed by atoms with E-state index >= 15 is 0 Å². The minimum absolute atomic E-state index is 0.0956. The van der Waals surface area contributed by atoms with Gasteiger partial charge in [-0.25, -0.2) is 0 Å². The van der Waals surface area contributed by atoms with Crippen molar-refractivity contribution in [1.29, 1.82) is 0 Å². The van der Waals surface area contributed by atoms with Gasteiger partial charge < -0.3 is 9.88 Å². The molecule has 32 heavy (non-hydrogen) atoms. The van der Waals surface area contributed by atoms with Crippen molar-refractivity contribution in [2.24, 2.45) is 0 Å². The van der Waals surface area contributed by atoms with Crippen molar-refractivity contribution < 1.29 is 18.0 Å². The average Bonchev–Trinajstić information content (AvgIpc) is 3.20. The van der Waals surface area contributed by atoms with Crippen molar-refractivity contribution in [3.05, 3.63) is 74.5 Å². The third kappa shape index (κ3) is 5.10. The van der Waals surface area contributed by atoms with E-state index in [-0.39, 0.29) is 29.3 Å². The van der Waals surface area contributed by atoms with Gasteiger partial charge in [-0.15, -0.1) is 23.1 Å². The van der Waals surface area contributed by atoms with Crippen LogP contribution in [-0.2, 0) is 12.7 Å². The maximum atomic E-state index is 13.3. The SMILES string of the molecule is CSc1ccc(CNC(=O)c2cn(C(C)C)c(C)c(-c3cccc(C(F)(F)F)c3)c2=O)s1. The summed E-state index contributed by atoms with van der Waals surface area (Å²) in [5, 5.41) is 2.76. The number of halogens is 3. The molecule has 0 saturated heterocycles. The molecule has 0 aliphatic heterocycles. The zero-order valence-corrected chi connectivity index (χ0v) is 19.7. The van der Waals surface area contributed by atoms with Gasteiger partial charge in [0, 0.05) is 28.4 Å². The minimum Gasteiger partial charge on any atom is -0.348 e. The molecule has 0 bridgehead atoms. The predicted molar refractivity (Wildman–Crippen MR) is 124 cm³/mol. The molecule has 3 rings (SSSR count). The second kappa shape index (κ2) is 9.54. The van der Waals surface area contributed by atoms with Gasteiger partial charge in [0.25, 0.3) is 5.91 Å². The molecule has 1 N–H and O–H groups in total. The van der Waals surface area contributed by atoms with Crippen molar-refractivity contribution in [2.45, 2.75) is 43.7 Å². The summed E-state index contributed by atoms with van der Waals surface area (Å²) in [6.45, 7) is 5.70. The summed E-state index contributed by atoms with van der Waals surface area (Å²) in [5.74, 6) is -0.559. The van der Waals surface area contributed by atoms with Gasteiger partial charge in [-0.2, -0.15) is 13.2 Å². The Kier molecular flexibility index (Phi) is 7.19. The zero-order chi connectivity index (χ0) is 23.6. The molecule has 2 heterocycles. The molecule has 2 aromatic heterocycles. The molecule has 0 spiro atoms. The lowest BCUT2D eigenvalue weighted by Gasteiger charge is -2.20. The number of alkyl halides is 3. The number of hydrogen-bond donors (Lipinski definition) is 1. The standard InChI is InChI=1S/C23H23F3N2O2S2/c1-13(2)28-12-18(22(30)27-11-17-8-9-19(31-4)32-17)21(29)20(14(28)3)15-6-5-7-16(10-15)23(24,25)26/h5-10,12-13H,11H2,1-4H3,(H,27,30). The van der Waals surface area contributed by atoms with Crippen LogP contribution < -0.4 is 10.7 Å².